The second-order valence-corrected chi connectivity index (χ2v) is 5.24. The highest BCUT2D eigenvalue weighted by Crippen LogP contribution is 2.14. The Labute approximate surface area is 107 Å². The Balaban J connectivity index is 2.35. The van der Waals surface area contributed by atoms with Crippen molar-refractivity contribution in [2.45, 2.75) is 32.1 Å². The van der Waals surface area contributed by atoms with E-state index in [1.165, 1.54) is 0 Å². The maximum Gasteiger partial charge on any atom is 0.228 e. The first-order chi connectivity index (χ1) is 8.13. The van der Waals surface area contributed by atoms with E-state index >= 15 is 0 Å². The molecule has 1 rings (SSSR count). The van der Waals surface area contributed by atoms with Crippen LogP contribution in [0.1, 0.15) is 30.0 Å². The zero-order valence-corrected chi connectivity index (χ0v) is 11.4. The summed E-state index contributed by atoms with van der Waals surface area (Å²) >= 11 is 1.65. The summed E-state index contributed by atoms with van der Waals surface area (Å²) in [7, 11) is 3.53. The highest BCUT2D eigenvalue weighted by atomic mass is 32.1. The van der Waals surface area contributed by atoms with E-state index in [-0.39, 0.29) is 5.91 Å². The Morgan fingerprint density at radius 2 is 2.18 bits per heavy atom. The van der Waals surface area contributed by atoms with Gasteiger partial charge in [-0.15, -0.1) is 11.3 Å². The van der Waals surface area contributed by atoms with Crippen molar-refractivity contribution in [2.24, 2.45) is 5.73 Å². The number of nitrogens with two attached hydrogens (primary N) is 1. The highest BCUT2D eigenvalue weighted by Gasteiger charge is 2.08. The summed E-state index contributed by atoms with van der Waals surface area (Å²) < 4.78 is 0. The lowest BCUT2D eigenvalue weighted by atomic mass is 10.2. The van der Waals surface area contributed by atoms with E-state index in [0.29, 0.717) is 6.42 Å². The first kappa shape index (κ1) is 14.1. The van der Waals surface area contributed by atoms with Crippen molar-refractivity contribution >= 4 is 17.2 Å². The number of carbonyl (C=O) groups excluding carboxylic acids is 1. The maximum atomic E-state index is 11.5. The van der Waals surface area contributed by atoms with Gasteiger partial charge in [0.1, 0.15) is 0 Å². The van der Waals surface area contributed by atoms with Crippen LogP contribution < -0.4 is 5.73 Å². The number of carbonyl (C=O) groups is 1. The van der Waals surface area contributed by atoms with Gasteiger partial charge in [-0.25, -0.2) is 4.98 Å². The minimum absolute atomic E-state index is 0.102. The number of amides is 1. The third-order valence-electron chi connectivity index (χ3n) is 2.53. The Morgan fingerprint density at radius 1 is 1.41 bits per heavy atom. The molecule has 5 heteroatoms. The average Bonchev–Trinajstić information content (AvgIpc) is 2.72. The van der Waals surface area contributed by atoms with Crippen molar-refractivity contribution in [3.63, 3.8) is 0 Å². The highest BCUT2D eigenvalue weighted by molar-refractivity contribution is 7.09. The second kappa shape index (κ2) is 7.40. The Kier molecular flexibility index (Phi) is 6.15. The molecule has 1 heterocycles. The zero-order chi connectivity index (χ0) is 12.7. The molecule has 0 radical (unpaired) electrons. The van der Waals surface area contributed by atoms with Crippen molar-refractivity contribution in [1.29, 1.82) is 0 Å². The Morgan fingerprint density at radius 3 is 2.82 bits per heavy atom. The third-order valence-corrected chi connectivity index (χ3v) is 3.48. The quantitative estimate of drug-likeness (QED) is 0.750. The molecule has 96 valence electrons. The number of hydrogen-bond acceptors (Lipinski definition) is 4. The first-order valence-corrected chi connectivity index (χ1v) is 6.85. The molecule has 0 spiro atoms. The summed E-state index contributed by atoms with van der Waals surface area (Å²) in [5.41, 5.74) is 6.33. The Bertz CT molecular complexity index is 349. The van der Waals surface area contributed by atoms with Gasteiger partial charge in [-0.3, -0.25) is 4.79 Å². The number of unbranched alkanes of at least 4 members (excludes halogenated alkanes) is 2. The SMILES string of the molecule is CN(C)C(=O)Cc1csc(CCCCCN)n1. The lowest BCUT2D eigenvalue weighted by Gasteiger charge is -2.07. The number of hydrogen-bond donors (Lipinski definition) is 1. The van der Waals surface area contributed by atoms with Gasteiger partial charge in [0.15, 0.2) is 0 Å². The molecule has 0 aromatic carbocycles. The van der Waals surface area contributed by atoms with Crippen molar-refractivity contribution < 1.29 is 4.79 Å². The number of thiazole rings is 1. The van der Waals surface area contributed by atoms with Crippen LogP contribution in [-0.4, -0.2) is 36.4 Å². The molecular weight excluding hydrogens is 234 g/mol. The molecule has 17 heavy (non-hydrogen) atoms. The topological polar surface area (TPSA) is 59.2 Å². The van der Waals surface area contributed by atoms with Gasteiger partial charge in [-0.2, -0.15) is 0 Å². The summed E-state index contributed by atoms with van der Waals surface area (Å²) in [6, 6.07) is 0. The van der Waals surface area contributed by atoms with Crippen LogP contribution in [0.3, 0.4) is 0 Å². The molecule has 0 aliphatic heterocycles. The van der Waals surface area contributed by atoms with E-state index < -0.39 is 0 Å². The minimum atomic E-state index is 0.102. The van der Waals surface area contributed by atoms with Crippen molar-refractivity contribution in [3.05, 3.63) is 16.1 Å². The monoisotopic (exact) mass is 255 g/mol. The van der Waals surface area contributed by atoms with E-state index in [1.54, 1.807) is 30.3 Å². The van der Waals surface area contributed by atoms with Crippen LogP contribution in [0.25, 0.3) is 0 Å². The van der Waals surface area contributed by atoms with Crippen LogP contribution in [0.15, 0.2) is 5.38 Å². The maximum absolute atomic E-state index is 11.5. The van der Waals surface area contributed by atoms with Crippen molar-refractivity contribution in [2.75, 3.05) is 20.6 Å². The van der Waals surface area contributed by atoms with Crippen molar-refractivity contribution in [1.82, 2.24) is 9.88 Å². The summed E-state index contributed by atoms with van der Waals surface area (Å²) in [5, 5.41) is 3.11. The second-order valence-electron chi connectivity index (χ2n) is 4.30. The predicted molar refractivity (Wildman–Crippen MR) is 71.1 cm³/mol. The number of aryl methyl sites for hydroxylation is 1. The molecule has 4 nitrogen and oxygen atoms in total. The molecule has 0 atom stereocenters. The van der Waals surface area contributed by atoms with E-state index in [4.69, 9.17) is 5.73 Å². The van der Waals surface area contributed by atoms with Gasteiger partial charge in [0.05, 0.1) is 17.1 Å². The van der Waals surface area contributed by atoms with Gasteiger partial charge in [-0.05, 0) is 25.8 Å². The molecule has 2 N–H and O–H groups in total. The smallest absolute Gasteiger partial charge is 0.228 e. The molecule has 1 aromatic heterocycles. The van der Waals surface area contributed by atoms with Crippen LogP contribution in [-0.2, 0) is 17.6 Å². The molecule has 0 aliphatic carbocycles. The standard InChI is InChI=1S/C12H21N3OS/c1-15(2)12(16)8-10-9-17-11(14-10)6-4-3-5-7-13/h9H,3-8,13H2,1-2H3. The van der Waals surface area contributed by atoms with E-state index in [0.717, 1.165) is 42.9 Å². The van der Waals surface area contributed by atoms with Gasteiger partial charge >= 0.3 is 0 Å². The Hall–Kier alpha value is -0.940. The summed E-state index contributed by atoms with van der Waals surface area (Å²) in [6.07, 6.45) is 4.78. The van der Waals surface area contributed by atoms with Crippen LogP contribution >= 0.6 is 11.3 Å². The number of rotatable bonds is 7. The fourth-order valence-corrected chi connectivity index (χ4v) is 2.30. The largest absolute Gasteiger partial charge is 0.348 e. The van der Waals surface area contributed by atoms with Gasteiger partial charge < -0.3 is 10.6 Å². The van der Waals surface area contributed by atoms with Crippen molar-refractivity contribution in [3.8, 4) is 0 Å². The zero-order valence-electron chi connectivity index (χ0n) is 10.6. The number of nitrogens with zero attached hydrogens (tertiary/aromatic N) is 2. The molecular formula is C12H21N3OS. The van der Waals surface area contributed by atoms with E-state index in [9.17, 15) is 4.79 Å². The molecule has 0 aliphatic rings. The molecule has 0 fully saturated rings. The molecule has 0 unspecified atom stereocenters. The number of aromatic nitrogens is 1. The number of likely N-dealkylation sites (N-methyl/N-ethyl adjacent to an activating group) is 1. The van der Waals surface area contributed by atoms with Crippen LogP contribution in [0, 0.1) is 0 Å². The normalized spacial score (nSPS) is 10.5. The molecule has 0 saturated heterocycles. The van der Waals surface area contributed by atoms with Gasteiger partial charge in [0, 0.05) is 19.5 Å². The third kappa shape index (κ3) is 5.28. The van der Waals surface area contributed by atoms with Crippen LogP contribution in [0.5, 0.6) is 0 Å². The van der Waals surface area contributed by atoms with Crippen LogP contribution in [0.4, 0.5) is 0 Å². The van der Waals surface area contributed by atoms with E-state index in [1.807, 2.05) is 5.38 Å². The molecule has 1 aromatic rings. The average molecular weight is 255 g/mol. The summed E-state index contributed by atoms with van der Waals surface area (Å²) in [6.45, 7) is 0.764. The predicted octanol–water partition coefficient (Wildman–Crippen LogP) is 1.45. The summed E-state index contributed by atoms with van der Waals surface area (Å²) in [5.74, 6) is 0.102. The fraction of sp³-hybridized carbons (Fsp3) is 0.667. The minimum Gasteiger partial charge on any atom is -0.348 e. The van der Waals surface area contributed by atoms with Gasteiger partial charge in [-0.1, -0.05) is 6.42 Å². The molecule has 0 bridgehead atoms. The molecule has 1 amide bonds. The molecule has 0 saturated carbocycles. The lowest BCUT2D eigenvalue weighted by molar-refractivity contribution is -0.128. The van der Waals surface area contributed by atoms with Crippen LogP contribution in [0.2, 0.25) is 0 Å². The summed E-state index contributed by atoms with van der Waals surface area (Å²) in [4.78, 5) is 17.6. The first-order valence-electron chi connectivity index (χ1n) is 5.97. The lowest BCUT2D eigenvalue weighted by Crippen LogP contribution is -2.23. The van der Waals surface area contributed by atoms with Gasteiger partial charge in [0.2, 0.25) is 5.91 Å². The van der Waals surface area contributed by atoms with E-state index in [2.05, 4.69) is 4.98 Å². The van der Waals surface area contributed by atoms with Gasteiger partial charge in [0.25, 0.3) is 0 Å². The fourth-order valence-electron chi connectivity index (χ4n) is 1.46.